The first-order valence-corrected chi connectivity index (χ1v) is 7.02. The van der Waals surface area contributed by atoms with Gasteiger partial charge in [-0.15, -0.1) is 0 Å². The van der Waals surface area contributed by atoms with Crippen LogP contribution in [0.25, 0.3) is 0 Å². The lowest BCUT2D eigenvalue weighted by Gasteiger charge is -2.30. The van der Waals surface area contributed by atoms with E-state index in [4.69, 9.17) is 0 Å². The Labute approximate surface area is 126 Å². The molecule has 0 unspecified atom stereocenters. The minimum Gasteiger partial charge on any atom is -0.396 e. The number of benzene rings is 1. The molecule has 0 spiro atoms. The molecule has 0 saturated carbocycles. The summed E-state index contributed by atoms with van der Waals surface area (Å²) in [4.78, 5) is 15.5. The number of hydrogen-bond acceptors (Lipinski definition) is 4. The molecule has 0 heterocycles. The van der Waals surface area contributed by atoms with Gasteiger partial charge in [-0.2, -0.15) is 0 Å². The van der Waals surface area contributed by atoms with Crippen LogP contribution >= 0.6 is 0 Å². The maximum absolute atomic E-state index is 12.0. The van der Waals surface area contributed by atoms with Crippen molar-refractivity contribution in [1.29, 1.82) is 0 Å². The number of carbonyl (C=O) groups is 1. The fourth-order valence-corrected chi connectivity index (χ4v) is 2.23. The van der Waals surface area contributed by atoms with E-state index in [9.17, 15) is 15.0 Å². The lowest BCUT2D eigenvalue weighted by Crippen LogP contribution is -2.38. The Hall–Kier alpha value is -1.43. The number of hydrogen-bond donors (Lipinski definition) is 2. The fourth-order valence-electron chi connectivity index (χ4n) is 2.23. The summed E-state index contributed by atoms with van der Waals surface area (Å²) >= 11 is 0. The van der Waals surface area contributed by atoms with Crippen LogP contribution in [0.15, 0.2) is 24.3 Å². The molecule has 118 valence electrons. The van der Waals surface area contributed by atoms with Crippen molar-refractivity contribution in [3.05, 3.63) is 35.4 Å². The van der Waals surface area contributed by atoms with Crippen LogP contribution in [0.1, 0.15) is 22.8 Å². The monoisotopic (exact) mass is 294 g/mol. The van der Waals surface area contributed by atoms with Crippen LogP contribution in [-0.2, 0) is 6.54 Å². The first-order valence-electron chi connectivity index (χ1n) is 7.02. The molecule has 1 aromatic rings. The topological polar surface area (TPSA) is 64.0 Å². The van der Waals surface area contributed by atoms with Crippen molar-refractivity contribution >= 4 is 5.91 Å². The molecular weight excluding hydrogens is 268 g/mol. The number of aliphatic hydroxyl groups is 2. The van der Waals surface area contributed by atoms with Gasteiger partial charge >= 0.3 is 0 Å². The predicted octanol–water partition coefficient (Wildman–Crippen LogP) is 0.811. The van der Waals surface area contributed by atoms with E-state index in [1.807, 2.05) is 37.1 Å². The van der Waals surface area contributed by atoms with Gasteiger partial charge in [-0.1, -0.05) is 19.1 Å². The Morgan fingerprint density at radius 2 is 1.81 bits per heavy atom. The number of amides is 1. The van der Waals surface area contributed by atoms with Gasteiger partial charge in [0.1, 0.15) is 0 Å². The summed E-state index contributed by atoms with van der Waals surface area (Å²) in [6, 6.07) is 7.53. The van der Waals surface area contributed by atoms with Gasteiger partial charge in [0, 0.05) is 38.2 Å². The molecule has 0 aliphatic heterocycles. The highest BCUT2D eigenvalue weighted by Crippen LogP contribution is 2.17. The molecule has 1 rings (SSSR count). The van der Waals surface area contributed by atoms with Crippen molar-refractivity contribution < 1.29 is 15.0 Å². The maximum atomic E-state index is 12.0. The molecule has 0 bridgehead atoms. The lowest BCUT2D eigenvalue weighted by molar-refractivity contribution is 0.0402. The molecular formula is C16H26N2O3. The first kappa shape index (κ1) is 17.6. The van der Waals surface area contributed by atoms with Crippen LogP contribution in [0.3, 0.4) is 0 Å². The lowest BCUT2D eigenvalue weighted by atomic mass is 9.92. The van der Waals surface area contributed by atoms with Gasteiger partial charge in [-0.05, 0) is 24.7 Å². The predicted molar refractivity (Wildman–Crippen MR) is 83.1 cm³/mol. The quantitative estimate of drug-likeness (QED) is 0.781. The fraction of sp³-hybridized carbons (Fsp3) is 0.562. The molecule has 5 nitrogen and oxygen atoms in total. The van der Waals surface area contributed by atoms with Gasteiger partial charge in [0.15, 0.2) is 0 Å². The third kappa shape index (κ3) is 5.12. The number of aliphatic hydroxyl groups excluding tert-OH is 2. The Bertz CT molecular complexity index is 470. The summed E-state index contributed by atoms with van der Waals surface area (Å²) < 4.78 is 0. The van der Waals surface area contributed by atoms with E-state index >= 15 is 0 Å². The van der Waals surface area contributed by atoms with Crippen molar-refractivity contribution in [2.24, 2.45) is 5.41 Å². The second-order valence-electron chi connectivity index (χ2n) is 6.20. The zero-order valence-electron chi connectivity index (χ0n) is 13.3. The average Bonchev–Trinajstić information content (AvgIpc) is 2.46. The van der Waals surface area contributed by atoms with Crippen LogP contribution in [0, 0.1) is 5.41 Å². The van der Waals surface area contributed by atoms with Crippen LogP contribution < -0.4 is 0 Å². The van der Waals surface area contributed by atoms with E-state index in [2.05, 4.69) is 0 Å². The van der Waals surface area contributed by atoms with Gasteiger partial charge in [0.2, 0.25) is 0 Å². The Morgan fingerprint density at radius 3 is 2.33 bits per heavy atom. The molecule has 0 saturated heterocycles. The number of nitrogens with zero attached hydrogens (tertiary/aromatic N) is 2. The van der Waals surface area contributed by atoms with Crippen molar-refractivity contribution in [3.8, 4) is 0 Å². The molecule has 21 heavy (non-hydrogen) atoms. The summed E-state index contributed by atoms with van der Waals surface area (Å²) in [5.74, 6) is -0.0185. The van der Waals surface area contributed by atoms with Gasteiger partial charge in [0.25, 0.3) is 5.91 Å². The normalized spacial score (nSPS) is 11.8. The molecule has 0 atom stereocenters. The second-order valence-corrected chi connectivity index (χ2v) is 6.20. The number of rotatable bonds is 7. The first-order chi connectivity index (χ1) is 9.81. The largest absolute Gasteiger partial charge is 0.396 e. The van der Waals surface area contributed by atoms with E-state index in [0.29, 0.717) is 18.7 Å². The highest BCUT2D eigenvalue weighted by atomic mass is 16.3. The average molecular weight is 294 g/mol. The van der Waals surface area contributed by atoms with Crippen molar-refractivity contribution in [1.82, 2.24) is 9.80 Å². The van der Waals surface area contributed by atoms with Crippen LogP contribution in [-0.4, -0.2) is 66.8 Å². The highest BCUT2D eigenvalue weighted by Gasteiger charge is 2.24. The summed E-state index contributed by atoms with van der Waals surface area (Å²) in [7, 11) is 5.40. The number of carbonyl (C=O) groups excluding carboxylic acids is 1. The summed E-state index contributed by atoms with van der Waals surface area (Å²) in [5, 5.41) is 18.7. The van der Waals surface area contributed by atoms with Gasteiger partial charge in [-0.3, -0.25) is 4.79 Å². The third-order valence-corrected chi connectivity index (χ3v) is 3.45. The Kier molecular flexibility index (Phi) is 6.33. The summed E-state index contributed by atoms with van der Waals surface area (Å²) in [5.41, 5.74) is 1.17. The third-order valence-electron chi connectivity index (χ3n) is 3.45. The van der Waals surface area contributed by atoms with Gasteiger partial charge < -0.3 is 20.0 Å². The second kappa shape index (κ2) is 7.54. The molecule has 2 N–H and O–H groups in total. The summed E-state index contributed by atoms with van der Waals surface area (Å²) in [6.07, 6.45) is 0. The van der Waals surface area contributed by atoms with Crippen molar-refractivity contribution in [2.75, 3.05) is 40.9 Å². The van der Waals surface area contributed by atoms with Gasteiger partial charge in [-0.25, -0.2) is 0 Å². The molecule has 0 aromatic heterocycles. The molecule has 0 aliphatic rings. The van der Waals surface area contributed by atoms with E-state index in [1.54, 1.807) is 25.1 Å². The smallest absolute Gasteiger partial charge is 0.253 e. The van der Waals surface area contributed by atoms with Gasteiger partial charge in [0.05, 0.1) is 13.2 Å². The van der Waals surface area contributed by atoms with E-state index in [-0.39, 0.29) is 19.1 Å². The molecule has 1 aromatic carbocycles. The van der Waals surface area contributed by atoms with Crippen molar-refractivity contribution in [3.63, 3.8) is 0 Å². The SMILES string of the molecule is CN(Cc1cccc(C(=O)N(C)C)c1)CC(C)(CO)CO. The molecule has 0 fully saturated rings. The van der Waals surface area contributed by atoms with Crippen LogP contribution in [0.2, 0.25) is 0 Å². The van der Waals surface area contributed by atoms with Crippen LogP contribution in [0.4, 0.5) is 0 Å². The zero-order valence-corrected chi connectivity index (χ0v) is 13.3. The minimum atomic E-state index is -0.522. The highest BCUT2D eigenvalue weighted by molar-refractivity contribution is 5.94. The standard InChI is InChI=1S/C16H26N2O3/c1-16(11-19,12-20)10-18(4)9-13-6-5-7-14(8-13)15(21)17(2)3/h5-8,19-20H,9-12H2,1-4H3. The zero-order chi connectivity index (χ0) is 16.0. The van der Waals surface area contributed by atoms with Crippen LogP contribution in [0.5, 0.6) is 0 Å². The Balaban J connectivity index is 2.75. The summed E-state index contributed by atoms with van der Waals surface area (Å²) in [6.45, 7) is 2.95. The molecule has 1 amide bonds. The maximum Gasteiger partial charge on any atom is 0.253 e. The van der Waals surface area contributed by atoms with E-state index in [0.717, 1.165) is 5.56 Å². The molecule has 5 heteroatoms. The Morgan fingerprint density at radius 1 is 1.19 bits per heavy atom. The van der Waals surface area contributed by atoms with E-state index in [1.165, 1.54) is 0 Å². The van der Waals surface area contributed by atoms with Crippen molar-refractivity contribution in [2.45, 2.75) is 13.5 Å². The van der Waals surface area contributed by atoms with E-state index < -0.39 is 5.41 Å². The minimum absolute atomic E-state index is 0.0185. The molecule has 0 radical (unpaired) electrons. The molecule has 0 aliphatic carbocycles.